The third-order valence-corrected chi connectivity index (χ3v) is 3.26. The molecule has 3 heteroatoms. The Bertz CT molecular complexity index is 528. The van der Waals surface area contributed by atoms with Crippen molar-refractivity contribution < 1.29 is 14.2 Å². The molecule has 2 aromatic rings. The van der Waals surface area contributed by atoms with Gasteiger partial charge < -0.3 is 14.2 Å². The number of hydrogen-bond acceptors (Lipinski definition) is 3. The average molecular weight is 270 g/mol. The number of ether oxygens (including phenoxy) is 3. The summed E-state index contributed by atoms with van der Waals surface area (Å²) in [6.07, 6.45) is -0.341. The standard InChI is InChI=1S/C17H18O3/c1-13-7-9-15(10-8-13)20-16-11-18-17(19-12-16)14-5-3-2-4-6-14/h2-10,16-17H,11-12H2,1H3. The Kier molecular flexibility index (Phi) is 4.00. The Morgan fingerprint density at radius 2 is 1.55 bits per heavy atom. The molecule has 0 radical (unpaired) electrons. The summed E-state index contributed by atoms with van der Waals surface area (Å²) in [5.41, 5.74) is 2.26. The quantitative estimate of drug-likeness (QED) is 0.854. The van der Waals surface area contributed by atoms with Crippen molar-refractivity contribution in [2.75, 3.05) is 13.2 Å². The Balaban J connectivity index is 1.55. The predicted molar refractivity (Wildman–Crippen MR) is 76.7 cm³/mol. The maximum absolute atomic E-state index is 5.84. The molecule has 0 atom stereocenters. The summed E-state index contributed by atoms with van der Waals surface area (Å²) < 4.78 is 17.3. The van der Waals surface area contributed by atoms with Gasteiger partial charge in [-0.3, -0.25) is 0 Å². The van der Waals surface area contributed by atoms with Gasteiger partial charge in [0.1, 0.15) is 11.9 Å². The fourth-order valence-electron chi connectivity index (χ4n) is 2.17. The maximum Gasteiger partial charge on any atom is 0.184 e. The van der Waals surface area contributed by atoms with Crippen molar-refractivity contribution >= 4 is 0 Å². The topological polar surface area (TPSA) is 27.7 Å². The fraction of sp³-hybridized carbons (Fsp3) is 0.294. The highest BCUT2D eigenvalue weighted by molar-refractivity contribution is 5.26. The second kappa shape index (κ2) is 6.07. The second-order valence-corrected chi connectivity index (χ2v) is 4.96. The summed E-state index contributed by atoms with van der Waals surface area (Å²) in [5.74, 6) is 0.853. The van der Waals surface area contributed by atoms with Crippen LogP contribution in [-0.2, 0) is 9.47 Å². The van der Waals surface area contributed by atoms with Crippen molar-refractivity contribution in [3.05, 3.63) is 65.7 Å². The highest BCUT2D eigenvalue weighted by Crippen LogP contribution is 2.24. The molecule has 1 aliphatic rings. The highest BCUT2D eigenvalue weighted by Gasteiger charge is 2.24. The van der Waals surface area contributed by atoms with Crippen LogP contribution in [0.25, 0.3) is 0 Å². The first-order valence-electron chi connectivity index (χ1n) is 6.83. The summed E-state index contributed by atoms with van der Waals surface area (Å²) in [7, 11) is 0. The van der Waals surface area contributed by atoms with E-state index in [1.807, 2.05) is 54.6 Å². The molecule has 1 aliphatic heterocycles. The smallest absolute Gasteiger partial charge is 0.184 e. The van der Waals surface area contributed by atoms with Crippen LogP contribution in [-0.4, -0.2) is 19.3 Å². The number of benzene rings is 2. The summed E-state index contributed by atoms with van der Waals surface area (Å²) in [6.45, 7) is 3.13. The van der Waals surface area contributed by atoms with Crippen LogP contribution >= 0.6 is 0 Å². The van der Waals surface area contributed by atoms with Crippen molar-refractivity contribution in [2.45, 2.75) is 19.3 Å². The molecular formula is C17H18O3. The molecule has 2 aromatic carbocycles. The average Bonchev–Trinajstić information content (AvgIpc) is 2.51. The molecule has 1 heterocycles. The number of hydrogen-bond donors (Lipinski definition) is 0. The molecule has 0 bridgehead atoms. The van der Waals surface area contributed by atoms with Crippen molar-refractivity contribution in [1.29, 1.82) is 0 Å². The van der Waals surface area contributed by atoms with E-state index in [2.05, 4.69) is 6.92 Å². The lowest BCUT2D eigenvalue weighted by atomic mass is 10.2. The number of rotatable bonds is 3. The van der Waals surface area contributed by atoms with E-state index in [0.29, 0.717) is 13.2 Å². The predicted octanol–water partition coefficient (Wildman–Crippen LogP) is 3.49. The first-order chi connectivity index (χ1) is 9.81. The van der Waals surface area contributed by atoms with Gasteiger partial charge in [-0.2, -0.15) is 0 Å². The van der Waals surface area contributed by atoms with Crippen molar-refractivity contribution in [2.24, 2.45) is 0 Å². The molecule has 0 amide bonds. The van der Waals surface area contributed by atoms with E-state index in [1.165, 1.54) is 5.56 Å². The molecule has 0 spiro atoms. The number of aryl methyl sites for hydroxylation is 1. The van der Waals surface area contributed by atoms with Crippen molar-refractivity contribution in [3.8, 4) is 5.75 Å². The first-order valence-corrected chi connectivity index (χ1v) is 6.83. The second-order valence-electron chi connectivity index (χ2n) is 4.96. The molecule has 3 rings (SSSR count). The van der Waals surface area contributed by atoms with Crippen LogP contribution in [0.4, 0.5) is 0 Å². The van der Waals surface area contributed by atoms with E-state index in [-0.39, 0.29) is 12.4 Å². The third kappa shape index (κ3) is 3.18. The summed E-state index contributed by atoms with van der Waals surface area (Å²) in [6, 6.07) is 18.0. The lowest BCUT2D eigenvalue weighted by Gasteiger charge is -2.29. The molecule has 1 fully saturated rings. The van der Waals surface area contributed by atoms with E-state index < -0.39 is 0 Å². The van der Waals surface area contributed by atoms with Crippen molar-refractivity contribution in [3.63, 3.8) is 0 Å². The molecular weight excluding hydrogens is 252 g/mol. The molecule has 3 nitrogen and oxygen atoms in total. The minimum atomic E-state index is -0.283. The van der Waals surface area contributed by atoms with Crippen molar-refractivity contribution in [1.82, 2.24) is 0 Å². The zero-order valence-corrected chi connectivity index (χ0v) is 11.5. The van der Waals surface area contributed by atoms with Gasteiger partial charge in [-0.1, -0.05) is 48.0 Å². The Morgan fingerprint density at radius 1 is 0.900 bits per heavy atom. The van der Waals surface area contributed by atoms with Gasteiger partial charge in [0.25, 0.3) is 0 Å². The molecule has 0 unspecified atom stereocenters. The molecule has 104 valence electrons. The maximum atomic E-state index is 5.84. The normalized spacial score (nSPS) is 22.4. The van der Waals surface area contributed by atoms with E-state index in [0.717, 1.165) is 11.3 Å². The van der Waals surface area contributed by atoms with Gasteiger partial charge in [0, 0.05) is 5.56 Å². The van der Waals surface area contributed by atoms with Crippen LogP contribution in [0.15, 0.2) is 54.6 Å². The zero-order chi connectivity index (χ0) is 13.8. The summed E-state index contributed by atoms with van der Waals surface area (Å²) >= 11 is 0. The first kappa shape index (κ1) is 13.2. The molecule has 20 heavy (non-hydrogen) atoms. The fourth-order valence-corrected chi connectivity index (χ4v) is 2.17. The van der Waals surface area contributed by atoms with Crippen LogP contribution in [0.5, 0.6) is 5.75 Å². The van der Waals surface area contributed by atoms with Gasteiger partial charge in [0.2, 0.25) is 0 Å². The van der Waals surface area contributed by atoms with Crippen LogP contribution in [0.2, 0.25) is 0 Å². The lowest BCUT2D eigenvalue weighted by Crippen LogP contribution is -2.35. The van der Waals surface area contributed by atoms with Gasteiger partial charge in [0.15, 0.2) is 6.29 Å². The molecule has 0 saturated carbocycles. The molecule has 0 aromatic heterocycles. The van der Waals surface area contributed by atoms with Gasteiger partial charge in [-0.15, -0.1) is 0 Å². The van der Waals surface area contributed by atoms with Gasteiger partial charge in [0.05, 0.1) is 13.2 Å². The summed E-state index contributed by atoms with van der Waals surface area (Å²) in [5, 5.41) is 0. The minimum absolute atomic E-state index is 0.0577. The van der Waals surface area contributed by atoms with Crippen LogP contribution in [0.3, 0.4) is 0 Å². The van der Waals surface area contributed by atoms with E-state index in [1.54, 1.807) is 0 Å². The van der Waals surface area contributed by atoms with Crippen LogP contribution < -0.4 is 4.74 Å². The Labute approximate surface area is 119 Å². The van der Waals surface area contributed by atoms with Gasteiger partial charge in [-0.05, 0) is 19.1 Å². The highest BCUT2D eigenvalue weighted by atomic mass is 16.7. The zero-order valence-electron chi connectivity index (χ0n) is 11.5. The third-order valence-electron chi connectivity index (χ3n) is 3.26. The van der Waals surface area contributed by atoms with E-state index >= 15 is 0 Å². The van der Waals surface area contributed by atoms with Gasteiger partial charge in [-0.25, -0.2) is 0 Å². The van der Waals surface area contributed by atoms with Crippen LogP contribution in [0, 0.1) is 6.92 Å². The van der Waals surface area contributed by atoms with E-state index in [9.17, 15) is 0 Å². The monoisotopic (exact) mass is 270 g/mol. The Hall–Kier alpha value is -1.84. The lowest BCUT2D eigenvalue weighted by molar-refractivity contribution is -0.215. The Morgan fingerprint density at radius 3 is 2.20 bits per heavy atom. The van der Waals surface area contributed by atoms with Gasteiger partial charge >= 0.3 is 0 Å². The van der Waals surface area contributed by atoms with E-state index in [4.69, 9.17) is 14.2 Å². The molecule has 1 saturated heterocycles. The summed E-state index contributed by atoms with van der Waals surface area (Å²) in [4.78, 5) is 0. The largest absolute Gasteiger partial charge is 0.486 e. The SMILES string of the molecule is Cc1ccc(OC2COC(c3ccccc3)OC2)cc1. The molecule has 0 aliphatic carbocycles. The molecule has 0 N–H and O–H groups in total. The van der Waals surface area contributed by atoms with Crippen LogP contribution in [0.1, 0.15) is 17.4 Å². The minimum Gasteiger partial charge on any atom is -0.486 e.